The van der Waals surface area contributed by atoms with E-state index in [1.54, 1.807) is 18.2 Å². The molecule has 0 bridgehead atoms. The minimum atomic E-state index is -0.140. The zero-order valence-electron chi connectivity index (χ0n) is 12.6. The van der Waals surface area contributed by atoms with E-state index in [-0.39, 0.29) is 12.5 Å². The second-order valence-electron chi connectivity index (χ2n) is 4.91. The fourth-order valence-electron chi connectivity index (χ4n) is 1.84. The van der Waals surface area contributed by atoms with Crippen molar-refractivity contribution in [3.05, 3.63) is 64.7 Å². The Morgan fingerprint density at radius 1 is 1.14 bits per heavy atom. The van der Waals surface area contributed by atoms with E-state index in [9.17, 15) is 4.79 Å². The summed E-state index contributed by atoms with van der Waals surface area (Å²) in [5.41, 5.74) is 2.42. The van der Waals surface area contributed by atoms with Crippen molar-refractivity contribution in [1.29, 1.82) is 0 Å². The average Bonchev–Trinajstić information content (AvgIpc) is 2.53. The maximum Gasteiger partial charge on any atom is 0.252 e. The fraction of sp³-hybridized carbons (Fsp3) is 0.167. The molecule has 0 aliphatic heterocycles. The number of hydrogen-bond donors (Lipinski definition) is 1. The van der Waals surface area contributed by atoms with Crippen LogP contribution in [0.15, 0.2) is 48.5 Å². The van der Waals surface area contributed by atoms with E-state index in [4.69, 9.17) is 11.6 Å². The molecule has 2 aromatic carbocycles. The van der Waals surface area contributed by atoms with Crippen LogP contribution < -0.4 is 10.2 Å². The second-order valence-corrected chi connectivity index (χ2v) is 5.31. The van der Waals surface area contributed by atoms with E-state index >= 15 is 0 Å². The van der Waals surface area contributed by atoms with Crippen LogP contribution in [0.2, 0.25) is 5.02 Å². The van der Waals surface area contributed by atoms with Crippen molar-refractivity contribution in [2.45, 2.75) is 0 Å². The summed E-state index contributed by atoms with van der Waals surface area (Å²) < 4.78 is 0. The third kappa shape index (κ3) is 4.28. The lowest BCUT2D eigenvalue weighted by atomic mass is 10.2. The molecule has 0 saturated heterocycles. The van der Waals surface area contributed by atoms with Gasteiger partial charge in [-0.05, 0) is 36.4 Å². The van der Waals surface area contributed by atoms with E-state index in [0.29, 0.717) is 10.6 Å². The van der Waals surface area contributed by atoms with Gasteiger partial charge in [0.15, 0.2) is 0 Å². The van der Waals surface area contributed by atoms with Crippen molar-refractivity contribution >= 4 is 23.2 Å². The quantitative estimate of drug-likeness (QED) is 0.883. The Bertz CT molecular complexity index is 712. The summed E-state index contributed by atoms with van der Waals surface area (Å²) in [6.45, 7) is 0.277. The number of hydrogen-bond acceptors (Lipinski definition) is 2. The van der Waals surface area contributed by atoms with E-state index in [1.807, 2.05) is 49.3 Å². The first kappa shape index (κ1) is 15.9. The Kier molecular flexibility index (Phi) is 5.46. The van der Waals surface area contributed by atoms with Crippen LogP contribution in [0.5, 0.6) is 0 Å². The molecule has 2 aromatic rings. The van der Waals surface area contributed by atoms with Crippen molar-refractivity contribution in [2.75, 3.05) is 25.5 Å². The topological polar surface area (TPSA) is 32.3 Å². The highest BCUT2D eigenvalue weighted by Gasteiger charge is 2.04. The zero-order chi connectivity index (χ0) is 15.9. The van der Waals surface area contributed by atoms with Gasteiger partial charge < -0.3 is 10.2 Å². The van der Waals surface area contributed by atoms with Gasteiger partial charge in [0.1, 0.15) is 0 Å². The van der Waals surface area contributed by atoms with Gasteiger partial charge in [0.25, 0.3) is 5.91 Å². The summed E-state index contributed by atoms with van der Waals surface area (Å²) in [5.74, 6) is 5.70. The molecule has 22 heavy (non-hydrogen) atoms. The summed E-state index contributed by atoms with van der Waals surface area (Å²) in [4.78, 5) is 14.0. The van der Waals surface area contributed by atoms with Crippen LogP contribution >= 0.6 is 11.6 Å². The number of carbonyl (C=O) groups excluding carboxylic acids is 1. The van der Waals surface area contributed by atoms with Crippen molar-refractivity contribution in [3.8, 4) is 11.8 Å². The van der Waals surface area contributed by atoms with Crippen LogP contribution in [0, 0.1) is 11.8 Å². The van der Waals surface area contributed by atoms with E-state index in [2.05, 4.69) is 17.2 Å². The predicted octanol–water partition coefficient (Wildman–Crippen LogP) is 3.19. The number of halogens is 1. The molecule has 0 spiro atoms. The van der Waals surface area contributed by atoms with Gasteiger partial charge >= 0.3 is 0 Å². The van der Waals surface area contributed by atoms with Crippen LogP contribution in [0.1, 0.15) is 15.9 Å². The molecule has 0 aromatic heterocycles. The second kappa shape index (κ2) is 7.53. The van der Waals surface area contributed by atoms with Gasteiger partial charge in [0.05, 0.1) is 11.6 Å². The lowest BCUT2D eigenvalue weighted by molar-refractivity contribution is 0.0958. The molecule has 4 heteroatoms. The van der Waals surface area contributed by atoms with Crippen LogP contribution in [0.3, 0.4) is 0 Å². The van der Waals surface area contributed by atoms with E-state index < -0.39 is 0 Å². The standard InChI is InChI=1S/C18H17ClN2O/c1-21(2)16-11-9-15(10-12-16)18(22)20-13-5-7-14-6-3-4-8-17(14)19/h3-4,6,8-12H,13H2,1-2H3,(H,20,22). The van der Waals surface area contributed by atoms with Crippen LogP contribution in [0.25, 0.3) is 0 Å². The lowest BCUT2D eigenvalue weighted by Crippen LogP contribution is -2.23. The summed E-state index contributed by atoms with van der Waals surface area (Å²) in [6.07, 6.45) is 0. The maximum absolute atomic E-state index is 12.0. The molecule has 2 rings (SSSR count). The minimum Gasteiger partial charge on any atom is -0.378 e. The highest BCUT2D eigenvalue weighted by atomic mass is 35.5. The van der Waals surface area contributed by atoms with Crippen molar-refractivity contribution in [3.63, 3.8) is 0 Å². The Hall–Kier alpha value is -2.44. The first-order valence-electron chi connectivity index (χ1n) is 6.87. The molecule has 0 heterocycles. The van der Waals surface area contributed by atoms with Gasteiger partial charge in [-0.15, -0.1) is 0 Å². The molecule has 0 radical (unpaired) electrons. The van der Waals surface area contributed by atoms with Crippen LogP contribution in [0.4, 0.5) is 5.69 Å². The Morgan fingerprint density at radius 3 is 2.45 bits per heavy atom. The molecule has 0 saturated carbocycles. The average molecular weight is 313 g/mol. The van der Waals surface area contributed by atoms with Crippen LogP contribution in [-0.4, -0.2) is 26.5 Å². The molecule has 112 valence electrons. The van der Waals surface area contributed by atoms with Gasteiger partial charge in [0.2, 0.25) is 0 Å². The van der Waals surface area contributed by atoms with E-state index in [1.165, 1.54) is 0 Å². The summed E-state index contributed by atoms with van der Waals surface area (Å²) in [5, 5.41) is 3.38. The highest BCUT2D eigenvalue weighted by molar-refractivity contribution is 6.31. The summed E-state index contributed by atoms with van der Waals surface area (Å²) in [6, 6.07) is 14.8. The number of anilines is 1. The smallest absolute Gasteiger partial charge is 0.252 e. The Morgan fingerprint density at radius 2 is 1.82 bits per heavy atom. The molecule has 0 aliphatic carbocycles. The van der Waals surface area contributed by atoms with Gasteiger partial charge in [-0.3, -0.25) is 4.79 Å². The van der Waals surface area contributed by atoms with Gasteiger partial charge in [-0.2, -0.15) is 0 Å². The van der Waals surface area contributed by atoms with E-state index in [0.717, 1.165) is 11.3 Å². The van der Waals surface area contributed by atoms with Crippen molar-refractivity contribution in [2.24, 2.45) is 0 Å². The number of nitrogens with one attached hydrogen (secondary N) is 1. The molecule has 3 nitrogen and oxygen atoms in total. The third-order valence-electron chi connectivity index (χ3n) is 3.08. The van der Waals surface area contributed by atoms with Crippen molar-refractivity contribution in [1.82, 2.24) is 5.32 Å². The first-order valence-corrected chi connectivity index (χ1v) is 7.24. The largest absolute Gasteiger partial charge is 0.378 e. The van der Waals surface area contributed by atoms with Crippen molar-refractivity contribution < 1.29 is 4.79 Å². The SMILES string of the molecule is CN(C)c1ccc(C(=O)NCC#Cc2ccccc2Cl)cc1. The highest BCUT2D eigenvalue weighted by Crippen LogP contribution is 2.13. The molecule has 0 fully saturated rings. The number of nitrogens with zero attached hydrogens (tertiary/aromatic N) is 1. The third-order valence-corrected chi connectivity index (χ3v) is 3.41. The predicted molar refractivity (Wildman–Crippen MR) is 91.4 cm³/mol. The fourth-order valence-corrected chi connectivity index (χ4v) is 2.02. The van der Waals surface area contributed by atoms with Gasteiger partial charge in [-0.25, -0.2) is 0 Å². The summed E-state index contributed by atoms with van der Waals surface area (Å²) in [7, 11) is 3.92. The normalized spacial score (nSPS) is 9.59. The van der Waals surface area contributed by atoms with Gasteiger partial charge in [0, 0.05) is 30.9 Å². The molecule has 0 unspecified atom stereocenters. The number of benzene rings is 2. The van der Waals surface area contributed by atoms with Gasteiger partial charge in [-0.1, -0.05) is 35.6 Å². The Labute approximate surface area is 135 Å². The molecular formula is C18H17ClN2O. The lowest BCUT2D eigenvalue weighted by Gasteiger charge is -2.12. The van der Waals surface area contributed by atoms with Crippen LogP contribution in [-0.2, 0) is 0 Å². The maximum atomic E-state index is 12.0. The zero-order valence-corrected chi connectivity index (χ0v) is 13.3. The molecular weight excluding hydrogens is 296 g/mol. The molecule has 0 atom stereocenters. The molecule has 1 amide bonds. The Balaban J connectivity index is 1.92. The number of rotatable bonds is 3. The monoisotopic (exact) mass is 312 g/mol. The minimum absolute atomic E-state index is 0.140. The molecule has 1 N–H and O–H groups in total. The first-order chi connectivity index (χ1) is 10.6. The summed E-state index contributed by atoms with van der Waals surface area (Å²) >= 11 is 6.01. The molecule has 0 aliphatic rings. The number of amides is 1. The number of carbonyl (C=O) groups is 1.